The smallest absolute Gasteiger partial charge is 0.267 e. The minimum Gasteiger partial charge on any atom is -0.340 e. The highest BCUT2D eigenvalue weighted by Crippen LogP contribution is 2.37. The number of nitrogens with zero attached hydrogens (tertiary/aromatic N) is 6. The molecule has 2 aromatic heterocycles. The van der Waals surface area contributed by atoms with Crippen molar-refractivity contribution in [2.24, 2.45) is 4.99 Å². The molecule has 0 radical (unpaired) electrons. The molecule has 37 heavy (non-hydrogen) atoms. The SMILES string of the molecule is C[C@H]1N=C2N(C)C(=O)c3c(nn(Cc4ccc(-c5cccc(F)n5)cc4)c3Nc3ccccc3)N2C1=O. The van der Waals surface area contributed by atoms with Crippen LogP contribution in [-0.2, 0) is 11.3 Å². The third kappa shape index (κ3) is 3.83. The molecule has 0 saturated heterocycles. The minimum absolute atomic E-state index is 0.238. The van der Waals surface area contributed by atoms with Crippen LogP contribution in [0.25, 0.3) is 11.3 Å². The van der Waals surface area contributed by atoms with Gasteiger partial charge in [0.15, 0.2) is 5.82 Å². The molecule has 184 valence electrons. The van der Waals surface area contributed by atoms with Gasteiger partial charge in [0, 0.05) is 18.3 Å². The van der Waals surface area contributed by atoms with Gasteiger partial charge in [0.25, 0.3) is 11.8 Å². The van der Waals surface area contributed by atoms with Gasteiger partial charge in [0.1, 0.15) is 17.4 Å². The number of benzene rings is 2. The lowest BCUT2D eigenvalue weighted by atomic mass is 10.1. The zero-order chi connectivity index (χ0) is 25.7. The first kappa shape index (κ1) is 22.6. The molecule has 4 heterocycles. The summed E-state index contributed by atoms with van der Waals surface area (Å²) in [5.41, 5.74) is 3.28. The Kier molecular flexibility index (Phi) is 5.29. The van der Waals surface area contributed by atoms with Crippen LogP contribution in [0.15, 0.2) is 77.8 Å². The van der Waals surface area contributed by atoms with E-state index < -0.39 is 12.0 Å². The summed E-state index contributed by atoms with van der Waals surface area (Å²) < 4.78 is 15.2. The number of hydrogen-bond donors (Lipinski definition) is 1. The van der Waals surface area contributed by atoms with E-state index in [0.29, 0.717) is 23.6 Å². The van der Waals surface area contributed by atoms with E-state index in [9.17, 15) is 14.0 Å². The standard InChI is InChI=1S/C27H22FN7O2/c1-16-25(36)35-24-22(26(37)33(2)27(35)29-16)23(30-19-7-4-3-5-8-19)34(32-24)15-17-11-13-18(14-12-17)20-9-6-10-21(28)31-20/h3-14,16,30H,15H2,1-2H3/t16-/m1/s1. The van der Waals surface area contributed by atoms with Crippen LogP contribution in [0, 0.1) is 5.95 Å². The Balaban J connectivity index is 1.42. The number of hydrogen-bond acceptors (Lipinski definition) is 6. The van der Waals surface area contributed by atoms with Crippen molar-refractivity contribution in [3.8, 4) is 11.3 Å². The third-order valence-corrected chi connectivity index (χ3v) is 6.38. The van der Waals surface area contributed by atoms with Crippen molar-refractivity contribution in [2.75, 3.05) is 17.3 Å². The number of fused-ring (bicyclic) bond motifs is 3. The fraction of sp³-hybridized carbons (Fsp3) is 0.148. The van der Waals surface area contributed by atoms with Gasteiger partial charge in [-0.15, -0.1) is 0 Å². The highest BCUT2D eigenvalue weighted by molar-refractivity contribution is 6.31. The van der Waals surface area contributed by atoms with Crippen LogP contribution in [0.3, 0.4) is 0 Å². The summed E-state index contributed by atoms with van der Waals surface area (Å²) in [6.07, 6.45) is 0. The molecule has 1 N–H and O–H groups in total. The number of amides is 2. The number of guanidine groups is 1. The topological polar surface area (TPSA) is 95.7 Å². The molecule has 0 spiro atoms. The molecule has 0 fully saturated rings. The number of carbonyl (C=O) groups is 2. The van der Waals surface area contributed by atoms with Gasteiger partial charge >= 0.3 is 0 Å². The first-order valence-corrected chi connectivity index (χ1v) is 11.8. The van der Waals surface area contributed by atoms with Gasteiger partial charge in [0.05, 0.1) is 12.2 Å². The van der Waals surface area contributed by atoms with Crippen LogP contribution in [0.1, 0.15) is 22.8 Å². The maximum absolute atomic E-state index is 13.6. The molecule has 10 heteroatoms. The number of para-hydroxylation sites is 1. The monoisotopic (exact) mass is 495 g/mol. The second-order valence-corrected chi connectivity index (χ2v) is 8.88. The molecular formula is C27H22FN7O2. The van der Waals surface area contributed by atoms with Crippen LogP contribution in [0.2, 0.25) is 0 Å². The van der Waals surface area contributed by atoms with Gasteiger partial charge in [-0.1, -0.05) is 48.5 Å². The third-order valence-electron chi connectivity index (χ3n) is 6.38. The van der Waals surface area contributed by atoms with Crippen LogP contribution < -0.4 is 10.2 Å². The first-order valence-electron chi connectivity index (χ1n) is 11.8. The van der Waals surface area contributed by atoms with Crippen molar-refractivity contribution in [1.82, 2.24) is 19.7 Å². The number of aliphatic imine (C=N–C) groups is 1. The number of nitrogens with one attached hydrogen (secondary N) is 1. The first-order chi connectivity index (χ1) is 17.9. The van der Waals surface area contributed by atoms with Gasteiger partial charge < -0.3 is 5.32 Å². The van der Waals surface area contributed by atoms with Gasteiger partial charge in [-0.05, 0) is 36.8 Å². The van der Waals surface area contributed by atoms with E-state index in [0.717, 1.165) is 16.8 Å². The summed E-state index contributed by atoms with van der Waals surface area (Å²) in [4.78, 5) is 37.5. The van der Waals surface area contributed by atoms with E-state index in [1.807, 2.05) is 54.6 Å². The zero-order valence-corrected chi connectivity index (χ0v) is 20.1. The van der Waals surface area contributed by atoms with Crippen molar-refractivity contribution in [1.29, 1.82) is 0 Å². The van der Waals surface area contributed by atoms with Crippen LogP contribution in [-0.4, -0.2) is 50.5 Å². The Labute approximate surface area is 211 Å². The molecule has 2 amide bonds. The van der Waals surface area contributed by atoms with Crippen LogP contribution in [0.4, 0.5) is 21.7 Å². The van der Waals surface area contributed by atoms with Crippen molar-refractivity contribution >= 4 is 35.1 Å². The predicted octanol–water partition coefficient (Wildman–Crippen LogP) is 4.05. The summed E-state index contributed by atoms with van der Waals surface area (Å²) >= 11 is 0. The second kappa shape index (κ2) is 8.66. The molecule has 2 aromatic carbocycles. The Morgan fingerprint density at radius 3 is 2.46 bits per heavy atom. The predicted molar refractivity (Wildman–Crippen MR) is 137 cm³/mol. The molecule has 0 bridgehead atoms. The number of rotatable bonds is 5. The normalized spacial score (nSPS) is 16.5. The lowest BCUT2D eigenvalue weighted by Crippen LogP contribution is -2.50. The quantitative estimate of drug-likeness (QED) is 0.422. The van der Waals surface area contributed by atoms with Crippen molar-refractivity contribution < 1.29 is 14.0 Å². The van der Waals surface area contributed by atoms with E-state index >= 15 is 0 Å². The van der Waals surface area contributed by atoms with Gasteiger partial charge in [-0.2, -0.15) is 9.49 Å². The summed E-state index contributed by atoms with van der Waals surface area (Å²) in [5.74, 6) is -0.0698. The maximum Gasteiger partial charge on any atom is 0.267 e. The highest BCUT2D eigenvalue weighted by Gasteiger charge is 2.46. The molecule has 4 aromatic rings. The van der Waals surface area contributed by atoms with Crippen molar-refractivity contribution in [3.63, 3.8) is 0 Å². The molecule has 0 unspecified atom stereocenters. The average Bonchev–Trinajstić information content (AvgIpc) is 3.40. The number of aromatic nitrogens is 3. The van der Waals surface area contributed by atoms with Crippen LogP contribution >= 0.6 is 0 Å². The summed E-state index contributed by atoms with van der Waals surface area (Å²) in [7, 11) is 1.60. The molecule has 2 aliphatic heterocycles. The molecule has 0 saturated carbocycles. The molecule has 0 aliphatic carbocycles. The summed E-state index contributed by atoms with van der Waals surface area (Å²) in [6.45, 7) is 2.01. The number of pyridine rings is 1. The average molecular weight is 496 g/mol. The minimum atomic E-state index is -0.601. The Morgan fingerprint density at radius 2 is 1.73 bits per heavy atom. The molecular weight excluding hydrogens is 473 g/mol. The lowest BCUT2D eigenvalue weighted by molar-refractivity contribution is -0.117. The van der Waals surface area contributed by atoms with E-state index in [1.54, 1.807) is 30.8 Å². The van der Waals surface area contributed by atoms with Gasteiger partial charge in [-0.3, -0.25) is 14.5 Å². The Bertz CT molecular complexity index is 1560. The van der Waals surface area contributed by atoms with E-state index in [2.05, 4.69) is 15.3 Å². The molecule has 2 aliphatic rings. The second-order valence-electron chi connectivity index (χ2n) is 8.88. The van der Waals surface area contributed by atoms with Gasteiger partial charge in [-0.25, -0.2) is 19.6 Å². The van der Waals surface area contributed by atoms with E-state index in [-0.39, 0.29) is 23.6 Å². The summed E-state index contributed by atoms with van der Waals surface area (Å²) in [5, 5.41) is 8.04. The highest BCUT2D eigenvalue weighted by atomic mass is 19.1. The Morgan fingerprint density at radius 1 is 0.973 bits per heavy atom. The van der Waals surface area contributed by atoms with Gasteiger partial charge in [0.2, 0.25) is 11.9 Å². The number of halogens is 1. The summed E-state index contributed by atoms with van der Waals surface area (Å²) in [6, 6.07) is 21.0. The fourth-order valence-corrected chi connectivity index (χ4v) is 4.49. The van der Waals surface area contributed by atoms with E-state index in [4.69, 9.17) is 5.10 Å². The fourth-order valence-electron chi connectivity index (χ4n) is 4.49. The largest absolute Gasteiger partial charge is 0.340 e. The number of anilines is 3. The molecule has 9 nitrogen and oxygen atoms in total. The number of carbonyl (C=O) groups excluding carboxylic acids is 2. The van der Waals surface area contributed by atoms with Crippen molar-refractivity contribution in [2.45, 2.75) is 19.5 Å². The Hall–Kier alpha value is -4.86. The van der Waals surface area contributed by atoms with Crippen molar-refractivity contribution in [3.05, 3.63) is 89.9 Å². The van der Waals surface area contributed by atoms with E-state index in [1.165, 1.54) is 15.9 Å². The lowest BCUT2D eigenvalue weighted by Gasteiger charge is -2.29. The maximum atomic E-state index is 13.6. The zero-order valence-electron chi connectivity index (χ0n) is 20.1. The molecule has 6 rings (SSSR count). The molecule has 1 atom stereocenters. The van der Waals surface area contributed by atoms with Crippen LogP contribution in [0.5, 0.6) is 0 Å².